The Kier molecular flexibility index (Phi) is 3.08. The lowest BCUT2D eigenvalue weighted by molar-refractivity contribution is 0.0926. The summed E-state index contributed by atoms with van der Waals surface area (Å²) in [6.07, 6.45) is 2.29. The van der Waals surface area contributed by atoms with Gasteiger partial charge in [0.05, 0.1) is 5.69 Å². The zero-order valence-electron chi connectivity index (χ0n) is 10.5. The van der Waals surface area contributed by atoms with E-state index in [4.69, 9.17) is 0 Å². The van der Waals surface area contributed by atoms with E-state index in [2.05, 4.69) is 0 Å². The number of benzene rings is 2. The molecule has 0 saturated heterocycles. The van der Waals surface area contributed by atoms with E-state index in [0.29, 0.717) is 11.3 Å². The second kappa shape index (κ2) is 4.90. The van der Waals surface area contributed by atoms with E-state index in [-0.39, 0.29) is 5.91 Å². The number of aliphatic hydroxyl groups is 1. The van der Waals surface area contributed by atoms with Crippen molar-refractivity contribution >= 4 is 17.7 Å². The summed E-state index contributed by atoms with van der Waals surface area (Å²) in [6.45, 7) is 0. The first-order chi connectivity index (χ1) is 9.66. The van der Waals surface area contributed by atoms with Crippen molar-refractivity contribution in [2.75, 3.05) is 4.90 Å². The van der Waals surface area contributed by atoms with Gasteiger partial charge in [0.25, 0.3) is 5.91 Å². The minimum atomic E-state index is -1.03. The molecule has 0 radical (unpaired) electrons. The second-order valence-corrected chi connectivity index (χ2v) is 4.51. The number of hydrogen-bond acceptors (Lipinski definition) is 2. The minimum Gasteiger partial charge on any atom is -0.369 e. The molecule has 1 aliphatic rings. The highest BCUT2D eigenvalue weighted by Crippen LogP contribution is 2.29. The van der Waals surface area contributed by atoms with Gasteiger partial charge in [-0.3, -0.25) is 9.69 Å². The van der Waals surface area contributed by atoms with Crippen molar-refractivity contribution in [3.63, 3.8) is 0 Å². The molecule has 20 heavy (non-hydrogen) atoms. The summed E-state index contributed by atoms with van der Waals surface area (Å²) in [5.41, 5.74) is 1.82. The van der Waals surface area contributed by atoms with E-state index in [0.717, 1.165) is 5.56 Å². The first kappa shape index (κ1) is 12.6. The van der Waals surface area contributed by atoms with E-state index in [9.17, 15) is 14.3 Å². The summed E-state index contributed by atoms with van der Waals surface area (Å²) in [5.74, 6) is -0.768. The number of nitrogens with zero attached hydrogens (tertiary/aromatic N) is 1. The fourth-order valence-electron chi connectivity index (χ4n) is 2.23. The summed E-state index contributed by atoms with van der Waals surface area (Å²) in [6, 6.07) is 12.6. The number of fused-ring (bicyclic) bond motifs is 1. The predicted octanol–water partition coefficient (Wildman–Crippen LogP) is 2.82. The van der Waals surface area contributed by atoms with Crippen LogP contribution in [0.5, 0.6) is 0 Å². The lowest BCUT2D eigenvalue weighted by atomic mass is 10.1. The van der Waals surface area contributed by atoms with Crippen LogP contribution in [0.15, 0.2) is 54.6 Å². The Morgan fingerprint density at radius 3 is 2.55 bits per heavy atom. The van der Waals surface area contributed by atoms with Crippen LogP contribution in [-0.4, -0.2) is 17.2 Å². The van der Waals surface area contributed by atoms with Gasteiger partial charge in [-0.25, -0.2) is 4.39 Å². The Morgan fingerprint density at radius 1 is 1.10 bits per heavy atom. The molecular formula is C16H12FNO2. The molecule has 0 spiro atoms. The third-order valence-electron chi connectivity index (χ3n) is 3.22. The third-order valence-corrected chi connectivity index (χ3v) is 3.22. The molecule has 1 atom stereocenters. The summed E-state index contributed by atoms with van der Waals surface area (Å²) >= 11 is 0. The summed E-state index contributed by atoms with van der Waals surface area (Å²) < 4.78 is 12.9. The number of aliphatic hydroxyl groups excluding tert-OH is 1. The third kappa shape index (κ3) is 2.10. The standard InChI is InChI=1S/C16H12FNO2/c17-13-8-5-12(6-9-13)16(20)18-14-4-2-1-3-11(14)7-10-15(18)19/h1-10,15,19H. The van der Waals surface area contributed by atoms with Crippen molar-refractivity contribution in [1.82, 2.24) is 0 Å². The van der Waals surface area contributed by atoms with Crippen LogP contribution in [0.2, 0.25) is 0 Å². The lowest BCUT2D eigenvalue weighted by Crippen LogP contribution is -2.41. The Labute approximate surface area is 115 Å². The van der Waals surface area contributed by atoms with Crippen LogP contribution in [0, 0.1) is 5.82 Å². The van der Waals surface area contributed by atoms with Crippen molar-refractivity contribution < 1.29 is 14.3 Å². The fourth-order valence-corrected chi connectivity index (χ4v) is 2.23. The van der Waals surface area contributed by atoms with Gasteiger partial charge in [0, 0.05) is 5.56 Å². The van der Waals surface area contributed by atoms with Gasteiger partial charge in [-0.2, -0.15) is 0 Å². The SMILES string of the molecule is O=C(c1ccc(F)cc1)N1c2ccccc2C=CC1O. The number of hydrogen-bond donors (Lipinski definition) is 1. The molecule has 1 amide bonds. The molecule has 1 aliphatic heterocycles. The van der Waals surface area contributed by atoms with E-state index in [1.165, 1.54) is 29.2 Å². The minimum absolute atomic E-state index is 0.329. The van der Waals surface area contributed by atoms with Crippen molar-refractivity contribution in [1.29, 1.82) is 0 Å². The van der Waals surface area contributed by atoms with Crippen LogP contribution in [0.3, 0.4) is 0 Å². The number of rotatable bonds is 1. The second-order valence-electron chi connectivity index (χ2n) is 4.51. The fraction of sp³-hybridized carbons (Fsp3) is 0.0625. The molecule has 1 N–H and O–H groups in total. The number of carbonyl (C=O) groups excluding carboxylic acids is 1. The van der Waals surface area contributed by atoms with E-state index >= 15 is 0 Å². The monoisotopic (exact) mass is 269 g/mol. The van der Waals surface area contributed by atoms with Gasteiger partial charge in [0.15, 0.2) is 6.23 Å². The number of anilines is 1. The van der Waals surface area contributed by atoms with Crippen LogP contribution in [0.4, 0.5) is 10.1 Å². The van der Waals surface area contributed by atoms with Crippen molar-refractivity contribution in [2.24, 2.45) is 0 Å². The quantitative estimate of drug-likeness (QED) is 0.864. The normalized spacial score (nSPS) is 16.9. The molecule has 0 aromatic heterocycles. The predicted molar refractivity (Wildman–Crippen MR) is 74.7 cm³/mol. The van der Waals surface area contributed by atoms with Gasteiger partial charge in [0.1, 0.15) is 5.82 Å². The smallest absolute Gasteiger partial charge is 0.260 e. The number of amides is 1. The van der Waals surface area contributed by atoms with Crippen molar-refractivity contribution in [3.05, 3.63) is 71.6 Å². The van der Waals surface area contributed by atoms with Gasteiger partial charge in [-0.1, -0.05) is 24.3 Å². The van der Waals surface area contributed by atoms with Crippen LogP contribution in [-0.2, 0) is 0 Å². The molecule has 1 heterocycles. The molecule has 100 valence electrons. The Balaban J connectivity index is 2.02. The molecule has 3 nitrogen and oxygen atoms in total. The van der Waals surface area contributed by atoms with Crippen LogP contribution in [0.25, 0.3) is 6.08 Å². The molecule has 0 bridgehead atoms. The number of carbonyl (C=O) groups is 1. The van der Waals surface area contributed by atoms with Crippen LogP contribution >= 0.6 is 0 Å². The highest BCUT2D eigenvalue weighted by Gasteiger charge is 2.27. The molecular weight excluding hydrogens is 257 g/mol. The first-order valence-corrected chi connectivity index (χ1v) is 6.21. The Bertz CT molecular complexity index is 679. The molecule has 2 aromatic rings. The van der Waals surface area contributed by atoms with E-state index in [1.54, 1.807) is 24.3 Å². The van der Waals surface area contributed by atoms with Crippen LogP contribution in [0.1, 0.15) is 15.9 Å². The average Bonchev–Trinajstić information content (AvgIpc) is 2.47. The highest BCUT2D eigenvalue weighted by atomic mass is 19.1. The van der Waals surface area contributed by atoms with Gasteiger partial charge >= 0.3 is 0 Å². The molecule has 0 saturated carbocycles. The van der Waals surface area contributed by atoms with Crippen LogP contribution < -0.4 is 4.90 Å². The Hall–Kier alpha value is -2.46. The summed E-state index contributed by atoms with van der Waals surface area (Å²) in [4.78, 5) is 13.8. The largest absolute Gasteiger partial charge is 0.369 e. The maximum Gasteiger partial charge on any atom is 0.260 e. The Morgan fingerprint density at radius 2 is 1.80 bits per heavy atom. The lowest BCUT2D eigenvalue weighted by Gasteiger charge is -2.30. The average molecular weight is 269 g/mol. The zero-order chi connectivity index (χ0) is 14.1. The highest BCUT2D eigenvalue weighted by molar-refractivity contribution is 6.08. The molecule has 0 aliphatic carbocycles. The van der Waals surface area contributed by atoms with Gasteiger partial charge < -0.3 is 5.11 Å². The summed E-state index contributed by atoms with van der Waals surface area (Å²) in [5, 5.41) is 10.0. The van der Waals surface area contributed by atoms with E-state index < -0.39 is 12.0 Å². The maximum atomic E-state index is 12.9. The molecule has 2 aromatic carbocycles. The van der Waals surface area contributed by atoms with Gasteiger partial charge in [-0.15, -0.1) is 0 Å². The first-order valence-electron chi connectivity index (χ1n) is 6.21. The number of halogens is 1. The molecule has 4 heteroatoms. The van der Waals surface area contributed by atoms with Crippen molar-refractivity contribution in [2.45, 2.75) is 6.23 Å². The van der Waals surface area contributed by atoms with Gasteiger partial charge in [-0.05, 0) is 42.0 Å². The summed E-state index contributed by atoms with van der Waals surface area (Å²) in [7, 11) is 0. The molecule has 3 rings (SSSR count). The van der Waals surface area contributed by atoms with Crippen molar-refractivity contribution in [3.8, 4) is 0 Å². The maximum absolute atomic E-state index is 12.9. The van der Waals surface area contributed by atoms with E-state index in [1.807, 2.05) is 12.1 Å². The zero-order valence-corrected chi connectivity index (χ0v) is 10.5. The molecule has 1 unspecified atom stereocenters. The number of para-hydroxylation sites is 1. The molecule has 0 fully saturated rings. The topological polar surface area (TPSA) is 40.5 Å². The van der Waals surface area contributed by atoms with Gasteiger partial charge in [0.2, 0.25) is 0 Å².